The minimum Gasteiger partial charge on any atom is -0.434 e. The van der Waals surface area contributed by atoms with Crippen molar-refractivity contribution in [2.24, 2.45) is 52.3 Å². The number of hydrogen-bond acceptors (Lipinski definition) is 3. The Hall–Kier alpha value is -0.730. The van der Waals surface area contributed by atoms with Crippen molar-refractivity contribution < 1.29 is 14.3 Å². The lowest BCUT2D eigenvalue weighted by Gasteiger charge is -2.61. The van der Waals surface area contributed by atoms with E-state index in [1.165, 1.54) is 83.5 Å². The molecule has 0 aromatic rings. The summed E-state index contributed by atoms with van der Waals surface area (Å²) < 4.78 is 11.3. The Labute approximate surface area is 236 Å². The van der Waals surface area contributed by atoms with Crippen LogP contribution in [0.5, 0.6) is 0 Å². The molecule has 4 saturated carbocycles. The third-order valence-corrected chi connectivity index (χ3v) is 12.5. The van der Waals surface area contributed by atoms with E-state index in [4.69, 9.17) is 9.47 Å². The molecular weight excluding hydrogens is 468 g/mol. The number of unbranched alkanes of at least 4 members (excludes halogenated alkanes) is 4. The molecule has 3 heteroatoms. The molecule has 0 bridgehead atoms. The molecule has 0 N–H and O–H groups in total. The van der Waals surface area contributed by atoms with E-state index in [9.17, 15) is 4.79 Å². The van der Waals surface area contributed by atoms with Gasteiger partial charge in [-0.3, -0.25) is 0 Å². The van der Waals surface area contributed by atoms with E-state index in [0.29, 0.717) is 23.4 Å². The van der Waals surface area contributed by atoms with E-state index in [0.717, 1.165) is 61.2 Å². The van der Waals surface area contributed by atoms with Crippen LogP contribution in [0.4, 0.5) is 4.79 Å². The molecule has 4 aliphatic rings. The van der Waals surface area contributed by atoms with Crippen LogP contribution >= 0.6 is 0 Å². The van der Waals surface area contributed by atoms with Gasteiger partial charge in [0.25, 0.3) is 0 Å². The molecule has 0 spiro atoms. The van der Waals surface area contributed by atoms with Crippen molar-refractivity contribution in [1.82, 2.24) is 0 Å². The smallest absolute Gasteiger partial charge is 0.434 e. The molecule has 0 aromatic heterocycles. The lowest BCUT2D eigenvalue weighted by atomic mass is 9.44. The third kappa shape index (κ3) is 6.59. The predicted molar refractivity (Wildman–Crippen MR) is 158 cm³/mol. The van der Waals surface area contributed by atoms with Crippen molar-refractivity contribution in [2.75, 3.05) is 6.61 Å². The summed E-state index contributed by atoms with van der Waals surface area (Å²) in [6, 6.07) is 0. The normalized spacial score (nSPS) is 39.2. The van der Waals surface area contributed by atoms with E-state index in [1.54, 1.807) is 0 Å². The van der Waals surface area contributed by atoms with Crippen LogP contribution in [0.15, 0.2) is 0 Å². The van der Waals surface area contributed by atoms with Crippen LogP contribution in [0, 0.1) is 52.3 Å². The molecule has 4 fully saturated rings. The van der Waals surface area contributed by atoms with Gasteiger partial charge in [-0.25, -0.2) is 4.79 Å². The molecule has 0 unspecified atom stereocenters. The van der Waals surface area contributed by atoms with Crippen molar-refractivity contribution in [3.8, 4) is 0 Å². The average Bonchev–Trinajstić information content (AvgIpc) is 3.23. The Bertz CT molecular complexity index is 747. The SMILES string of the molecule is CCCCCCCOC(=O)O[C@H]1CC[C@@]2(C)[C@@H](CC[C@H]3[C@H]2CC[C@@]2(C)[C@@H]3CC[C@H]2[C@@H](C)CCCC(C)C)C1. The minimum absolute atomic E-state index is 0.0635. The maximum Gasteiger partial charge on any atom is 0.508 e. The van der Waals surface area contributed by atoms with Crippen LogP contribution in [0.3, 0.4) is 0 Å². The summed E-state index contributed by atoms with van der Waals surface area (Å²) in [6.07, 6.45) is 21.6. The molecule has 0 amide bonds. The summed E-state index contributed by atoms with van der Waals surface area (Å²) in [5.41, 5.74) is 1.01. The fourth-order valence-electron chi connectivity index (χ4n) is 10.4. The molecule has 0 aliphatic heterocycles. The van der Waals surface area contributed by atoms with Crippen LogP contribution in [-0.2, 0) is 9.47 Å². The summed E-state index contributed by atoms with van der Waals surface area (Å²) in [4.78, 5) is 12.4. The number of carbonyl (C=O) groups is 1. The number of ether oxygens (including phenoxy) is 2. The van der Waals surface area contributed by atoms with Crippen molar-refractivity contribution in [1.29, 1.82) is 0 Å². The highest BCUT2D eigenvalue weighted by Crippen LogP contribution is 2.68. The second-order valence-electron chi connectivity index (χ2n) is 15.2. The second-order valence-corrected chi connectivity index (χ2v) is 15.2. The maximum absolute atomic E-state index is 12.4. The Morgan fingerprint density at radius 3 is 2.32 bits per heavy atom. The van der Waals surface area contributed by atoms with Crippen LogP contribution in [0.1, 0.15) is 151 Å². The van der Waals surface area contributed by atoms with Gasteiger partial charge in [0.1, 0.15) is 6.10 Å². The van der Waals surface area contributed by atoms with Crippen LogP contribution in [-0.4, -0.2) is 18.9 Å². The zero-order chi connectivity index (χ0) is 27.3. The first-order chi connectivity index (χ1) is 18.2. The summed E-state index contributed by atoms with van der Waals surface area (Å²) in [5.74, 6) is 6.12. The fourth-order valence-corrected chi connectivity index (χ4v) is 10.4. The summed E-state index contributed by atoms with van der Waals surface area (Å²) in [5, 5.41) is 0. The van der Waals surface area contributed by atoms with Gasteiger partial charge in [-0.05, 0) is 116 Å². The fraction of sp³-hybridized carbons (Fsp3) is 0.971. The van der Waals surface area contributed by atoms with Crippen LogP contribution < -0.4 is 0 Å². The molecule has 3 nitrogen and oxygen atoms in total. The molecule has 4 aliphatic carbocycles. The number of fused-ring (bicyclic) bond motifs is 5. The summed E-state index contributed by atoms with van der Waals surface area (Å²) in [6.45, 7) is 15.4. The zero-order valence-electron chi connectivity index (χ0n) is 26.1. The molecule has 4 rings (SSSR count). The van der Waals surface area contributed by atoms with Crippen molar-refractivity contribution >= 4 is 6.16 Å². The molecular formula is C35H62O3. The van der Waals surface area contributed by atoms with Gasteiger partial charge in [0, 0.05) is 0 Å². The molecule has 0 saturated heterocycles. The monoisotopic (exact) mass is 530 g/mol. The Morgan fingerprint density at radius 1 is 0.816 bits per heavy atom. The zero-order valence-corrected chi connectivity index (χ0v) is 26.1. The van der Waals surface area contributed by atoms with E-state index < -0.39 is 6.16 Å². The summed E-state index contributed by atoms with van der Waals surface area (Å²) in [7, 11) is 0. The van der Waals surface area contributed by atoms with Gasteiger partial charge in [0.15, 0.2) is 0 Å². The molecule has 0 aromatic carbocycles. The first-order valence-corrected chi connectivity index (χ1v) is 17.0. The number of rotatable bonds is 12. The van der Waals surface area contributed by atoms with E-state index >= 15 is 0 Å². The van der Waals surface area contributed by atoms with Gasteiger partial charge in [0.05, 0.1) is 6.61 Å². The largest absolute Gasteiger partial charge is 0.508 e. The molecule has 220 valence electrons. The van der Waals surface area contributed by atoms with Gasteiger partial charge < -0.3 is 9.47 Å². The summed E-state index contributed by atoms with van der Waals surface area (Å²) >= 11 is 0. The standard InChI is InChI=1S/C35H62O3/c1-7-8-9-10-11-23-37-33(36)38-28-19-21-34(5)27(24-28)15-16-29-31-18-17-30(26(4)14-12-13-25(2)3)35(31,6)22-20-32(29)34/h25-32H,7-24H2,1-6H3/t26-,27-,28-,29+,30-,31+,32+,34-,35+/m0/s1. The first-order valence-electron chi connectivity index (χ1n) is 17.0. The lowest BCUT2D eigenvalue weighted by Crippen LogP contribution is -2.54. The van der Waals surface area contributed by atoms with Gasteiger partial charge in [0.2, 0.25) is 0 Å². The number of hydrogen-bond donors (Lipinski definition) is 0. The van der Waals surface area contributed by atoms with Gasteiger partial charge in [-0.2, -0.15) is 0 Å². The minimum atomic E-state index is -0.421. The Morgan fingerprint density at radius 2 is 1.55 bits per heavy atom. The van der Waals surface area contributed by atoms with E-state index in [-0.39, 0.29) is 6.10 Å². The Balaban J connectivity index is 1.28. The molecule has 0 radical (unpaired) electrons. The first kappa shape index (κ1) is 30.2. The third-order valence-electron chi connectivity index (χ3n) is 12.5. The lowest BCUT2D eigenvalue weighted by molar-refractivity contribution is -0.132. The van der Waals surface area contributed by atoms with Crippen LogP contribution in [0.2, 0.25) is 0 Å². The topological polar surface area (TPSA) is 35.5 Å². The van der Waals surface area contributed by atoms with E-state index in [1.807, 2.05) is 0 Å². The second kappa shape index (κ2) is 13.3. The molecule has 0 heterocycles. The average molecular weight is 531 g/mol. The highest BCUT2D eigenvalue weighted by molar-refractivity contribution is 5.60. The molecule has 38 heavy (non-hydrogen) atoms. The molecule has 9 atom stereocenters. The van der Waals surface area contributed by atoms with Crippen molar-refractivity contribution in [2.45, 2.75) is 157 Å². The Kier molecular flexibility index (Phi) is 10.6. The quantitative estimate of drug-likeness (QED) is 0.186. The highest BCUT2D eigenvalue weighted by atomic mass is 16.7. The van der Waals surface area contributed by atoms with Crippen molar-refractivity contribution in [3.05, 3.63) is 0 Å². The van der Waals surface area contributed by atoms with Gasteiger partial charge >= 0.3 is 6.16 Å². The van der Waals surface area contributed by atoms with Crippen molar-refractivity contribution in [3.63, 3.8) is 0 Å². The number of carbonyl (C=O) groups excluding carboxylic acids is 1. The predicted octanol–water partition coefficient (Wildman–Crippen LogP) is 10.6. The van der Waals surface area contributed by atoms with Crippen LogP contribution in [0.25, 0.3) is 0 Å². The maximum atomic E-state index is 12.4. The highest BCUT2D eigenvalue weighted by Gasteiger charge is 2.60. The van der Waals surface area contributed by atoms with Gasteiger partial charge in [-0.1, -0.05) is 86.5 Å². The van der Waals surface area contributed by atoms with Gasteiger partial charge in [-0.15, -0.1) is 0 Å². The van der Waals surface area contributed by atoms with E-state index in [2.05, 4.69) is 41.5 Å².